The third kappa shape index (κ3) is 5.02. The summed E-state index contributed by atoms with van der Waals surface area (Å²) in [5.74, 6) is -0.205. The summed E-state index contributed by atoms with van der Waals surface area (Å²) in [4.78, 5) is 17.5. The molecule has 0 saturated heterocycles. The van der Waals surface area contributed by atoms with Crippen molar-refractivity contribution in [1.29, 1.82) is 0 Å². The molecule has 0 aromatic heterocycles. The van der Waals surface area contributed by atoms with Gasteiger partial charge in [0.1, 0.15) is 11.5 Å². The van der Waals surface area contributed by atoms with E-state index in [-0.39, 0.29) is 27.3 Å². The Balaban J connectivity index is 1.71. The number of aromatic hydroxyl groups is 2. The lowest BCUT2D eigenvalue weighted by Gasteiger charge is -2.18. The van der Waals surface area contributed by atoms with E-state index in [1.165, 1.54) is 18.2 Å². The molecule has 0 spiro atoms. The van der Waals surface area contributed by atoms with Crippen molar-refractivity contribution in [2.24, 2.45) is 4.99 Å². The molecule has 32 heavy (non-hydrogen) atoms. The molecule has 0 heterocycles. The number of phenols is 2. The summed E-state index contributed by atoms with van der Waals surface area (Å²) in [5.41, 5.74) is 3.72. The van der Waals surface area contributed by atoms with Crippen LogP contribution < -0.4 is 5.32 Å². The number of halogens is 2. The fraction of sp³-hybridized carbons (Fsp3) is 0.0400. The molecule has 0 radical (unpaired) electrons. The van der Waals surface area contributed by atoms with E-state index in [4.69, 9.17) is 23.2 Å². The van der Waals surface area contributed by atoms with Crippen molar-refractivity contribution in [1.82, 2.24) is 0 Å². The Bertz CT molecular complexity index is 1280. The van der Waals surface area contributed by atoms with Gasteiger partial charge in [0.05, 0.1) is 27.1 Å². The third-order valence-corrected chi connectivity index (χ3v) is 5.42. The van der Waals surface area contributed by atoms with Crippen LogP contribution in [0.1, 0.15) is 5.56 Å². The molecule has 0 fully saturated rings. The number of ketones is 1. The van der Waals surface area contributed by atoms with E-state index in [1.807, 2.05) is 30.3 Å². The van der Waals surface area contributed by atoms with Crippen LogP contribution in [0, 0.1) is 0 Å². The Labute approximate surface area is 195 Å². The average Bonchev–Trinajstić information content (AvgIpc) is 2.77. The molecule has 160 valence electrons. The van der Waals surface area contributed by atoms with Crippen molar-refractivity contribution < 1.29 is 15.0 Å². The minimum absolute atomic E-state index is 0.0138. The van der Waals surface area contributed by atoms with E-state index in [1.54, 1.807) is 30.3 Å². The lowest BCUT2D eigenvalue weighted by molar-refractivity contribution is -0.111. The van der Waals surface area contributed by atoms with Gasteiger partial charge in [-0.2, -0.15) is 0 Å². The van der Waals surface area contributed by atoms with E-state index in [9.17, 15) is 15.0 Å². The number of hydrogen-bond acceptors (Lipinski definition) is 5. The van der Waals surface area contributed by atoms with Crippen LogP contribution in [-0.2, 0) is 11.2 Å². The number of hydrogen-bond donors (Lipinski definition) is 3. The number of allylic oxidation sites excluding steroid dienone is 3. The van der Waals surface area contributed by atoms with Gasteiger partial charge in [0.15, 0.2) is 5.78 Å². The number of benzene rings is 3. The highest BCUT2D eigenvalue weighted by molar-refractivity contribution is 6.32. The number of nitrogens with zero attached hydrogens (tertiary/aromatic N) is 1. The zero-order chi connectivity index (χ0) is 22.7. The van der Waals surface area contributed by atoms with Crippen LogP contribution >= 0.6 is 23.2 Å². The summed E-state index contributed by atoms with van der Waals surface area (Å²) < 4.78 is 0. The van der Waals surface area contributed by atoms with Gasteiger partial charge in [0.25, 0.3) is 0 Å². The molecule has 0 amide bonds. The Hall–Kier alpha value is -3.54. The molecule has 4 rings (SSSR count). The van der Waals surface area contributed by atoms with E-state index in [0.717, 1.165) is 11.3 Å². The van der Waals surface area contributed by atoms with Crippen LogP contribution in [0.5, 0.6) is 11.5 Å². The molecule has 3 N–H and O–H groups in total. The van der Waals surface area contributed by atoms with E-state index >= 15 is 0 Å². The Morgan fingerprint density at radius 2 is 1.53 bits per heavy atom. The van der Waals surface area contributed by atoms with Gasteiger partial charge in [-0.3, -0.25) is 4.79 Å². The van der Waals surface area contributed by atoms with Crippen molar-refractivity contribution >= 4 is 46.1 Å². The lowest BCUT2D eigenvalue weighted by atomic mass is 9.94. The first-order valence-electron chi connectivity index (χ1n) is 9.73. The Kier molecular flexibility index (Phi) is 6.30. The molecule has 0 saturated carbocycles. The van der Waals surface area contributed by atoms with Crippen LogP contribution in [0.3, 0.4) is 0 Å². The number of para-hydroxylation sites is 1. The minimum atomic E-state index is -0.157. The number of aliphatic imine (C=N–C) groups is 1. The molecule has 0 unspecified atom stereocenters. The zero-order valence-corrected chi connectivity index (χ0v) is 18.2. The summed E-state index contributed by atoms with van der Waals surface area (Å²) in [5, 5.41) is 23.0. The van der Waals surface area contributed by atoms with Gasteiger partial charge >= 0.3 is 0 Å². The second kappa shape index (κ2) is 9.30. The maximum absolute atomic E-state index is 12.9. The number of carbonyl (C=O) groups is 1. The van der Waals surface area contributed by atoms with E-state index < -0.39 is 0 Å². The first-order chi connectivity index (χ1) is 15.4. The minimum Gasteiger partial charge on any atom is -0.506 e. The van der Waals surface area contributed by atoms with Crippen molar-refractivity contribution in [3.63, 3.8) is 0 Å². The predicted molar refractivity (Wildman–Crippen MR) is 128 cm³/mol. The van der Waals surface area contributed by atoms with Crippen LogP contribution in [0.25, 0.3) is 0 Å². The largest absolute Gasteiger partial charge is 0.506 e. The number of anilines is 1. The van der Waals surface area contributed by atoms with Crippen molar-refractivity contribution in [2.75, 3.05) is 5.32 Å². The molecular formula is C25H18Cl2N2O3. The Morgan fingerprint density at radius 3 is 2.22 bits per heavy atom. The Morgan fingerprint density at radius 1 is 0.844 bits per heavy atom. The standard InChI is InChI=1S/C25H18Cl2N2O3/c26-19-11-15(6-8-23(19)30)10-16-12-21(29-18-7-9-24(31)20(27)13-18)22(14-25(16)32)28-17-4-2-1-3-5-17/h1-9,11-14,28,30-31H,10H2. The average molecular weight is 465 g/mol. The predicted octanol–water partition coefficient (Wildman–Crippen LogP) is 6.22. The zero-order valence-electron chi connectivity index (χ0n) is 16.7. The topological polar surface area (TPSA) is 81.9 Å². The summed E-state index contributed by atoms with van der Waals surface area (Å²) in [7, 11) is 0. The monoisotopic (exact) mass is 464 g/mol. The normalized spacial score (nSPS) is 14.8. The first-order valence-corrected chi connectivity index (χ1v) is 10.5. The highest BCUT2D eigenvalue weighted by atomic mass is 35.5. The SMILES string of the molecule is O=C1C=C(Nc2ccccc2)C(=Nc2ccc(O)c(Cl)c2)C=C1Cc1ccc(O)c(Cl)c1. The summed E-state index contributed by atoms with van der Waals surface area (Å²) >= 11 is 12.0. The van der Waals surface area contributed by atoms with E-state index in [0.29, 0.717) is 29.1 Å². The number of carbonyl (C=O) groups excluding carboxylic acids is 1. The quantitative estimate of drug-likeness (QED) is 0.391. The highest BCUT2D eigenvalue weighted by Crippen LogP contribution is 2.30. The first kappa shape index (κ1) is 21.7. The van der Waals surface area contributed by atoms with Crippen LogP contribution in [0.2, 0.25) is 10.0 Å². The number of phenolic OH excluding ortho intramolecular Hbond substituents is 2. The van der Waals surface area contributed by atoms with Gasteiger partial charge in [-0.25, -0.2) is 4.99 Å². The second-order valence-electron chi connectivity index (χ2n) is 7.18. The molecule has 1 aliphatic carbocycles. The molecule has 7 heteroatoms. The molecule has 3 aromatic rings. The maximum atomic E-state index is 12.9. The maximum Gasteiger partial charge on any atom is 0.184 e. The van der Waals surface area contributed by atoms with Crippen LogP contribution in [-0.4, -0.2) is 21.7 Å². The van der Waals surface area contributed by atoms with Gasteiger partial charge < -0.3 is 15.5 Å². The fourth-order valence-electron chi connectivity index (χ4n) is 3.20. The van der Waals surface area contributed by atoms with Crippen LogP contribution in [0.15, 0.2) is 95.1 Å². The number of rotatable bonds is 5. The van der Waals surface area contributed by atoms with Gasteiger partial charge in [0.2, 0.25) is 0 Å². The molecule has 3 aromatic carbocycles. The summed E-state index contributed by atoms with van der Waals surface area (Å²) in [6, 6.07) is 18.9. The molecule has 0 aliphatic heterocycles. The molecular weight excluding hydrogens is 447 g/mol. The van der Waals surface area contributed by atoms with Crippen molar-refractivity contribution in [3.05, 3.63) is 106 Å². The lowest BCUT2D eigenvalue weighted by Crippen LogP contribution is -2.19. The van der Waals surface area contributed by atoms with Crippen molar-refractivity contribution in [3.8, 4) is 11.5 Å². The van der Waals surface area contributed by atoms with Gasteiger partial charge in [-0.1, -0.05) is 47.5 Å². The molecule has 0 bridgehead atoms. The molecule has 5 nitrogen and oxygen atoms in total. The molecule has 1 aliphatic rings. The molecule has 0 atom stereocenters. The highest BCUT2D eigenvalue weighted by Gasteiger charge is 2.20. The number of nitrogens with one attached hydrogen (secondary N) is 1. The summed E-state index contributed by atoms with van der Waals surface area (Å²) in [6.45, 7) is 0. The smallest absolute Gasteiger partial charge is 0.184 e. The van der Waals surface area contributed by atoms with Crippen molar-refractivity contribution in [2.45, 2.75) is 6.42 Å². The van der Waals surface area contributed by atoms with Crippen LogP contribution in [0.4, 0.5) is 11.4 Å². The third-order valence-electron chi connectivity index (χ3n) is 4.82. The summed E-state index contributed by atoms with van der Waals surface area (Å²) in [6.07, 6.45) is 3.55. The second-order valence-corrected chi connectivity index (χ2v) is 7.99. The van der Waals surface area contributed by atoms with E-state index in [2.05, 4.69) is 10.3 Å². The van der Waals surface area contributed by atoms with Gasteiger partial charge in [-0.15, -0.1) is 0 Å². The fourth-order valence-corrected chi connectivity index (χ4v) is 3.58. The van der Waals surface area contributed by atoms with Gasteiger partial charge in [0, 0.05) is 23.8 Å². The van der Waals surface area contributed by atoms with Gasteiger partial charge in [-0.05, 0) is 54.1 Å².